The Morgan fingerprint density at radius 1 is 1.13 bits per heavy atom. The average Bonchev–Trinajstić information content (AvgIpc) is 3.22. The zero-order valence-electron chi connectivity index (χ0n) is 16.2. The summed E-state index contributed by atoms with van der Waals surface area (Å²) in [4.78, 5) is 22.3. The van der Waals surface area contributed by atoms with E-state index in [4.69, 9.17) is 15.7 Å². The van der Waals surface area contributed by atoms with E-state index in [9.17, 15) is 4.79 Å². The molecule has 0 aliphatic carbocycles. The lowest BCUT2D eigenvalue weighted by Crippen LogP contribution is -2.17. The molecule has 0 fully saturated rings. The molecule has 4 N–H and O–H groups in total. The van der Waals surface area contributed by atoms with Crippen LogP contribution in [0.5, 0.6) is 0 Å². The summed E-state index contributed by atoms with van der Waals surface area (Å²) in [6.07, 6.45) is 1.91. The molecule has 0 saturated heterocycles. The Labute approximate surface area is 177 Å². The van der Waals surface area contributed by atoms with Crippen molar-refractivity contribution in [2.24, 2.45) is 5.73 Å². The van der Waals surface area contributed by atoms with Gasteiger partial charge in [0.2, 0.25) is 0 Å². The monoisotopic (exact) mass is 416 g/mol. The predicted molar refractivity (Wildman–Crippen MR) is 120 cm³/mol. The van der Waals surface area contributed by atoms with Gasteiger partial charge in [0, 0.05) is 18.5 Å². The molecule has 2 aromatic heterocycles. The van der Waals surface area contributed by atoms with Crippen molar-refractivity contribution in [3.05, 3.63) is 65.4 Å². The van der Waals surface area contributed by atoms with Gasteiger partial charge in [0.05, 0.1) is 22.5 Å². The molecule has 0 spiro atoms. The van der Waals surface area contributed by atoms with Gasteiger partial charge in [-0.15, -0.1) is 0 Å². The number of nitrogens with zero attached hydrogens (tertiary/aromatic N) is 3. The summed E-state index contributed by atoms with van der Waals surface area (Å²) >= 11 is 1.29. The molecular weight excluding hydrogens is 396 g/mol. The third-order valence-electron chi connectivity index (χ3n) is 5.16. The fraction of sp³-hybridized carbons (Fsp3) is 0.182. The van der Waals surface area contributed by atoms with Crippen LogP contribution in [0.25, 0.3) is 21.6 Å². The Balaban J connectivity index is 1.58. The number of carbonyl (C=O) groups is 1. The van der Waals surface area contributed by atoms with Crippen molar-refractivity contribution in [3.8, 4) is 10.7 Å². The summed E-state index contributed by atoms with van der Waals surface area (Å²) in [6, 6.07) is 15.6. The number of nitrogens with two attached hydrogens (primary N) is 1. The van der Waals surface area contributed by atoms with Crippen molar-refractivity contribution in [2.75, 3.05) is 17.2 Å². The lowest BCUT2D eigenvalue weighted by atomic mass is 10.1. The number of nitrogens with one attached hydrogen (secondary N) is 2. The van der Waals surface area contributed by atoms with Crippen molar-refractivity contribution in [1.29, 1.82) is 0 Å². The second kappa shape index (κ2) is 7.72. The summed E-state index contributed by atoms with van der Waals surface area (Å²) in [7, 11) is 0. The van der Waals surface area contributed by atoms with Crippen LogP contribution in [0.4, 0.5) is 11.5 Å². The standard InChI is InChI=1S/C22H20N6OS/c23-20(29)15-9-4-8-14-17(15)28-30-19(14)22-26-16-10-5-11-24-18(16)21(27-22)25-12-13-6-2-1-3-7-13/h1-4,6-9,24H,5,10-12H2,(H2,23,29)(H,25,26,27). The molecule has 1 aliphatic rings. The highest BCUT2D eigenvalue weighted by molar-refractivity contribution is 7.11. The number of carbonyl (C=O) groups excluding carboxylic acids is 1. The maximum atomic E-state index is 11.8. The Hall–Kier alpha value is -3.52. The van der Waals surface area contributed by atoms with E-state index < -0.39 is 5.91 Å². The zero-order chi connectivity index (χ0) is 20.5. The van der Waals surface area contributed by atoms with Gasteiger partial charge >= 0.3 is 0 Å². The van der Waals surface area contributed by atoms with E-state index in [1.165, 1.54) is 17.1 Å². The first-order chi connectivity index (χ1) is 14.7. The van der Waals surface area contributed by atoms with Gasteiger partial charge in [-0.3, -0.25) is 4.79 Å². The minimum absolute atomic E-state index is 0.414. The molecule has 0 saturated carbocycles. The summed E-state index contributed by atoms with van der Waals surface area (Å²) in [5, 5.41) is 7.75. The van der Waals surface area contributed by atoms with Crippen molar-refractivity contribution >= 4 is 39.8 Å². The van der Waals surface area contributed by atoms with Crippen LogP contribution in [0.15, 0.2) is 48.5 Å². The molecule has 0 unspecified atom stereocenters. The van der Waals surface area contributed by atoms with E-state index in [1.54, 1.807) is 6.07 Å². The van der Waals surface area contributed by atoms with Crippen LogP contribution in [0.2, 0.25) is 0 Å². The Kier molecular flexibility index (Phi) is 4.76. The van der Waals surface area contributed by atoms with E-state index >= 15 is 0 Å². The average molecular weight is 417 g/mol. The second-order valence-corrected chi connectivity index (χ2v) is 7.94. The first kappa shape index (κ1) is 18.5. The van der Waals surface area contributed by atoms with E-state index in [0.29, 0.717) is 23.4 Å². The van der Waals surface area contributed by atoms with E-state index in [-0.39, 0.29) is 0 Å². The molecule has 0 radical (unpaired) electrons. The number of fused-ring (bicyclic) bond motifs is 2. The number of rotatable bonds is 5. The fourth-order valence-corrected chi connectivity index (χ4v) is 4.50. The van der Waals surface area contributed by atoms with Crippen molar-refractivity contribution < 1.29 is 4.79 Å². The number of aromatic nitrogens is 3. The molecule has 2 aromatic carbocycles. The van der Waals surface area contributed by atoms with E-state index in [1.807, 2.05) is 30.3 Å². The molecule has 7 nitrogen and oxygen atoms in total. The first-order valence-corrected chi connectivity index (χ1v) is 10.6. The zero-order valence-corrected chi connectivity index (χ0v) is 17.0. The molecule has 30 heavy (non-hydrogen) atoms. The Bertz CT molecular complexity index is 1240. The van der Waals surface area contributed by atoms with Gasteiger partial charge in [0.15, 0.2) is 11.6 Å². The van der Waals surface area contributed by atoms with Gasteiger partial charge in [-0.05, 0) is 36.0 Å². The second-order valence-electron chi connectivity index (χ2n) is 7.16. The predicted octanol–water partition coefficient (Wildman–Crippen LogP) is 3.82. The lowest BCUT2D eigenvalue weighted by molar-refractivity contribution is 0.100. The van der Waals surface area contributed by atoms with Gasteiger partial charge < -0.3 is 16.4 Å². The SMILES string of the molecule is NC(=O)c1cccc2c(-c3nc4c(c(NCc5ccccc5)n3)NCCC4)snc12. The number of aryl methyl sites for hydroxylation is 1. The third-order valence-corrected chi connectivity index (χ3v) is 6.02. The van der Waals surface area contributed by atoms with Crippen LogP contribution in [0.1, 0.15) is 28.0 Å². The maximum Gasteiger partial charge on any atom is 0.250 e. The quantitative estimate of drug-likeness (QED) is 0.457. The van der Waals surface area contributed by atoms with Gasteiger partial charge in [-0.2, -0.15) is 4.37 Å². The summed E-state index contributed by atoms with van der Waals surface area (Å²) in [5.74, 6) is 0.909. The largest absolute Gasteiger partial charge is 0.381 e. The minimum atomic E-state index is -0.488. The molecule has 8 heteroatoms. The highest BCUT2D eigenvalue weighted by Gasteiger charge is 2.21. The van der Waals surface area contributed by atoms with E-state index in [2.05, 4.69) is 27.1 Å². The molecule has 1 aliphatic heterocycles. The first-order valence-electron chi connectivity index (χ1n) is 9.82. The Morgan fingerprint density at radius 3 is 2.83 bits per heavy atom. The van der Waals surface area contributed by atoms with Crippen molar-refractivity contribution in [2.45, 2.75) is 19.4 Å². The van der Waals surface area contributed by atoms with Gasteiger partial charge in [-0.25, -0.2) is 9.97 Å². The highest BCUT2D eigenvalue weighted by Crippen LogP contribution is 2.36. The van der Waals surface area contributed by atoms with Gasteiger partial charge in [0.1, 0.15) is 4.88 Å². The van der Waals surface area contributed by atoms with Crippen molar-refractivity contribution in [1.82, 2.24) is 14.3 Å². The smallest absolute Gasteiger partial charge is 0.250 e. The number of primary amides is 1. The third kappa shape index (κ3) is 3.35. The van der Waals surface area contributed by atoms with Crippen LogP contribution in [-0.4, -0.2) is 26.8 Å². The molecule has 4 aromatic rings. The van der Waals surface area contributed by atoms with Crippen LogP contribution in [-0.2, 0) is 13.0 Å². The molecule has 1 amide bonds. The van der Waals surface area contributed by atoms with Crippen molar-refractivity contribution in [3.63, 3.8) is 0 Å². The van der Waals surface area contributed by atoms with E-state index in [0.717, 1.165) is 46.8 Å². The molecule has 0 bridgehead atoms. The minimum Gasteiger partial charge on any atom is -0.381 e. The number of hydrogen-bond acceptors (Lipinski definition) is 7. The van der Waals surface area contributed by atoms with Gasteiger partial charge in [0.25, 0.3) is 5.91 Å². The van der Waals surface area contributed by atoms with Crippen LogP contribution < -0.4 is 16.4 Å². The molecule has 0 atom stereocenters. The number of benzene rings is 2. The topological polar surface area (TPSA) is 106 Å². The number of hydrogen-bond donors (Lipinski definition) is 3. The van der Waals surface area contributed by atoms with Gasteiger partial charge in [-0.1, -0.05) is 42.5 Å². The maximum absolute atomic E-state index is 11.8. The summed E-state index contributed by atoms with van der Waals surface area (Å²) < 4.78 is 4.48. The van der Waals surface area contributed by atoms with Crippen LogP contribution in [0, 0.1) is 0 Å². The fourth-order valence-electron chi connectivity index (χ4n) is 3.68. The Morgan fingerprint density at radius 2 is 2.00 bits per heavy atom. The molecule has 5 rings (SSSR count). The number of amides is 1. The molecule has 150 valence electrons. The highest BCUT2D eigenvalue weighted by atomic mass is 32.1. The molecular formula is C22H20N6OS. The molecule has 3 heterocycles. The lowest BCUT2D eigenvalue weighted by Gasteiger charge is -2.21. The normalized spacial score (nSPS) is 12.9. The van der Waals surface area contributed by atoms with Crippen LogP contribution in [0.3, 0.4) is 0 Å². The van der Waals surface area contributed by atoms with Crippen LogP contribution >= 0.6 is 11.5 Å². The summed E-state index contributed by atoms with van der Waals surface area (Å²) in [5.41, 5.74) is 9.67. The summed E-state index contributed by atoms with van der Waals surface area (Å²) in [6.45, 7) is 1.57. The number of anilines is 2.